The van der Waals surface area contributed by atoms with Crippen LogP contribution in [-0.2, 0) is 6.54 Å². The first-order chi connectivity index (χ1) is 13.6. The fourth-order valence-electron chi connectivity index (χ4n) is 4.04. The van der Waals surface area contributed by atoms with E-state index in [0.717, 1.165) is 33.3 Å². The molecule has 1 aliphatic carbocycles. The van der Waals surface area contributed by atoms with Crippen molar-refractivity contribution in [3.05, 3.63) is 59.3 Å². The minimum Gasteiger partial charge on any atom is -0.398 e. The van der Waals surface area contributed by atoms with E-state index in [1.807, 2.05) is 24.3 Å². The van der Waals surface area contributed by atoms with Gasteiger partial charge in [0.1, 0.15) is 0 Å². The zero-order valence-corrected chi connectivity index (χ0v) is 15.3. The molecule has 0 spiro atoms. The van der Waals surface area contributed by atoms with Crippen LogP contribution in [0.2, 0.25) is 0 Å². The molecule has 1 fully saturated rings. The van der Waals surface area contributed by atoms with Gasteiger partial charge in [-0.05, 0) is 47.7 Å². The van der Waals surface area contributed by atoms with E-state index in [9.17, 15) is 4.79 Å². The molecule has 2 aromatic carbocycles. The highest BCUT2D eigenvalue weighted by Crippen LogP contribution is 2.43. The van der Waals surface area contributed by atoms with Crippen molar-refractivity contribution in [2.45, 2.75) is 25.3 Å². The number of carbonyl (C=O) groups excluding carboxylic acids is 1. The molecule has 0 atom stereocenters. The highest BCUT2D eigenvalue weighted by Gasteiger charge is 2.32. The molecule has 6 nitrogen and oxygen atoms in total. The summed E-state index contributed by atoms with van der Waals surface area (Å²) in [5, 5.41) is 17.8. The summed E-state index contributed by atoms with van der Waals surface area (Å²) >= 11 is 0. The Labute approximate surface area is 162 Å². The lowest BCUT2D eigenvalue weighted by Gasteiger charge is -2.14. The molecular formula is C22H19N5O. The van der Waals surface area contributed by atoms with E-state index in [-0.39, 0.29) is 12.5 Å². The average molecular weight is 369 g/mol. The predicted molar refractivity (Wildman–Crippen MR) is 107 cm³/mol. The second-order valence-electron chi connectivity index (χ2n) is 7.58. The monoisotopic (exact) mass is 369 g/mol. The molecule has 0 saturated heterocycles. The summed E-state index contributed by atoms with van der Waals surface area (Å²) in [6.07, 6.45) is 2.38. The molecule has 138 valence electrons. The lowest BCUT2D eigenvalue weighted by atomic mass is 9.94. The van der Waals surface area contributed by atoms with Crippen LogP contribution < -0.4 is 5.73 Å². The van der Waals surface area contributed by atoms with Crippen LogP contribution in [0.3, 0.4) is 0 Å². The van der Waals surface area contributed by atoms with E-state index in [1.54, 1.807) is 11.0 Å². The van der Waals surface area contributed by atoms with Gasteiger partial charge < -0.3 is 10.6 Å². The molecule has 0 unspecified atom stereocenters. The number of nitrogens with zero attached hydrogens (tertiary/aromatic N) is 3. The summed E-state index contributed by atoms with van der Waals surface area (Å²) in [5.41, 5.74) is 12.6. The maximum atomic E-state index is 12.9. The Morgan fingerprint density at radius 1 is 1.36 bits per heavy atom. The van der Waals surface area contributed by atoms with Gasteiger partial charge in [-0.15, -0.1) is 0 Å². The van der Waals surface area contributed by atoms with E-state index in [4.69, 9.17) is 11.0 Å². The zero-order chi connectivity index (χ0) is 19.4. The molecule has 1 aliphatic heterocycles. The highest BCUT2D eigenvalue weighted by atomic mass is 16.2. The van der Waals surface area contributed by atoms with Crippen LogP contribution in [0.25, 0.3) is 22.0 Å². The number of aromatic nitrogens is 2. The van der Waals surface area contributed by atoms with Crippen molar-refractivity contribution < 1.29 is 4.79 Å². The van der Waals surface area contributed by atoms with Crippen molar-refractivity contribution in [3.63, 3.8) is 0 Å². The maximum Gasteiger partial charge on any atom is 0.256 e. The van der Waals surface area contributed by atoms with Gasteiger partial charge in [-0.3, -0.25) is 9.89 Å². The second kappa shape index (κ2) is 5.96. The fraction of sp³-hybridized carbons (Fsp3) is 0.227. The van der Waals surface area contributed by atoms with Crippen LogP contribution in [0.1, 0.15) is 40.4 Å². The van der Waals surface area contributed by atoms with Gasteiger partial charge in [0.25, 0.3) is 5.91 Å². The molecule has 2 aliphatic rings. The number of H-pyrrole nitrogens is 1. The topological polar surface area (TPSA) is 98.8 Å². The van der Waals surface area contributed by atoms with Gasteiger partial charge in [0.2, 0.25) is 0 Å². The van der Waals surface area contributed by atoms with E-state index in [0.29, 0.717) is 29.3 Å². The van der Waals surface area contributed by atoms with Crippen molar-refractivity contribution in [2.75, 3.05) is 12.3 Å². The first-order valence-corrected chi connectivity index (χ1v) is 9.33. The maximum absolute atomic E-state index is 12.9. The minimum atomic E-state index is -0.145. The average Bonchev–Trinajstić information content (AvgIpc) is 3.37. The minimum absolute atomic E-state index is 0.145. The number of fused-ring (bicyclic) bond motifs is 2. The normalized spacial score (nSPS) is 15.7. The van der Waals surface area contributed by atoms with Crippen molar-refractivity contribution in [1.29, 1.82) is 5.26 Å². The number of nitrogens with one attached hydrogen (secondary N) is 1. The molecule has 1 saturated carbocycles. The molecule has 0 radical (unpaired) electrons. The van der Waals surface area contributed by atoms with Crippen LogP contribution in [-0.4, -0.2) is 27.5 Å². The molecule has 5 rings (SSSR count). The summed E-state index contributed by atoms with van der Waals surface area (Å²) in [6.45, 7) is 4.34. The van der Waals surface area contributed by atoms with Crippen molar-refractivity contribution >= 4 is 22.5 Å². The van der Waals surface area contributed by atoms with Crippen LogP contribution >= 0.6 is 0 Å². The van der Waals surface area contributed by atoms with Crippen molar-refractivity contribution in [2.24, 2.45) is 0 Å². The van der Waals surface area contributed by atoms with Gasteiger partial charge in [-0.2, -0.15) is 10.4 Å². The molecule has 1 amide bonds. The third-order valence-electron chi connectivity index (χ3n) is 5.60. The Kier molecular flexibility index (Phi) is 3.53. The van der Waals surface area contributed by atoms with Crippen molar-refractivity contribution in [1.82, 2.24) is 15.1 Å². The number of benzene rings is 2. The Balaban J connectivity index is 1.61. The number of anilines is 1. The standard InChI is InChI=1S/C22H19N5O/c1-12(9-23)10-27-11-17-15(5-6-18(24)20(17)22(27)28)14-4-7-19-16(8-14)21(26-25-19)13-2-3-13/h4-8,13H,1-3,10-11,24H2,(H,25,26). The van der Waals surface area contributed by atoms with Crippen LogP contribution in [0.15, 0.2) is 42.5 Å². The van der Waals surface area contributed by atoms with Crippen LogP contribution in [0, 0.1) is 11.3 Å². The van der Waals surface area contributed by atoms with Gasteiger partial charge >= 0.3 is 0 Å². The SMILES string of the molecule is C=C(C#N)CN1Cc2c(-c3ccc4[nH]nc(C5CC5)c4c3)ccc(N)c2C1=O. The first kappa shape index (κ1) is 16.6. The lowest BCUT2D eigenvalue weighted by molar-refractivity contribution is 0.0794. The first-order valence-electron chi connectivity index (χ1n) is 9.33. The van der Waals surface area contributed by atoms with E-state index < -0.39 is 0 Å². The van der Waals surface area contributed by atoms with E-state index in [1.165, 1.54) is 12.8 Å². The Morgan fingerprint density at radius 3 is 2.93 bits per heavy atom. The van der Waals surface area contributed by atoms with Gasteiger partial charge in [0.15, 0.2) is 0 Å². The van der Waals surface area contributed by atoms with Gasteiger partial charge in [-0.25, -0.2) is 0 Å². The van der Waals surface area contributed by atoms with E-state index >= 15 is 0 Å². The Bertz CT molecular complexity index is 1200. The van der Waals surface area contributed by atoms with E-state index in [2.05, 4.69) is 22.8 Å². The summed E-state index contributed by atoms with van der Waals surface area (Å²) in [7, 11) is 0. The highest BCUT2D eigenvalue weighted by molar-refractivity contribution is 6.05. The van der Waals surface area contributed by atoms with Gasteiger partial charge in [-0.1, -0.05) is 18.7 Å². The summed E-state index contributed by atoms with van der Waals surface area (Å²) < 4.78 is 0. The number of hydrogen-bond donors (Lipinski definition) is 2. The largest absolute Gasteiger partial charge is 0.398 e. The quantitative estimate of drug-likeness (QED) is 0.541. The number of nitrogens with two attached hydrogens (primary N) is 1. The third kappa shape index (κ3) is 2.48. The number of nitrogen functional groups attached to an aromatic ring is 1. The molecule has 0 bridgehead atoms. The number of nitriles is 1. The summed E-state index contributed by atoms with van der Waals surface area (Å²) in [5.74, 6) is 0.406. The molecule has 2 heterocycles. The molecule has 3 N–H and O–H groups in total. The zero-order valence-electron chi connectivity index (χ0n) is 15.3. The fourth-order valence-corrected chi connectivity index (χ4v) is 4.04. The summed E-state index contributed by atoms with van der Waals surface area (Å²) in [4.78, 5) is 14.5. The van der Waals surface area contributed by atoms with Gasteiger partial charge in [0.05, 0.1) is 29.4 Å². The summed E-state index contributed by atoms with van der Waals surface area (Å²) in [6, 6.07) is 12.0. The molecule has 3 aromatic rings. The number of amides is 1. The number of carbonyl (C=O) groups is 1. The number of rotatable bonds is 4. The number of hydrogen-bond acceptors (Lipinski definition) is 4. The molecular weight excluding hydrogens is 350 g/mol. The van der Waals surface area contributed by atoms with Gasteiger partial charge in [0, 0.05) is 29.1 Å². The predicted octanol–water partition coefficient (Wildman–Crippen LogP) is 3.73. The Hall–Kier alpha value is -3.59. The molecule has 28 heavy (non-hydrogen) atoms. The van der Waals surface area contributed by atoms with Crippen LogP contribution in [0.4, 0.5) is 5.69 Å². The van der Waals surface area contributed by atoms with Crippen molar-refractivity contribution in [3.8, 4) is 17.2 Å². The lowest BCUT2D eigenvalue weighted by Crippen LogP contribution is -2.26. The molecule has 1 aromatic heterocycles. The molecule has 6 heteroatoms. The Morgan fingerprint density at radius 2 is 2.18 bits per heavy atom. The smallest absolute Gasteiger partial charge is 0.256 e. The number of aromatic amines is 1. The third-order valence-corrected chi connectivity index (χ3v) is 5.60. The van der Waals surface area contributed by atoms with Crippen LogP contribution in [0.5, 0.6) is 0 Å². The second-order valence-corrected chi connectivity index (χ2v) is 7.58.